The number of halogens is 1. The van der Waals surface area contributed by atoms with Crippen molar-refractivity contribution in [3.05, 3.63) is 29.3 Å². The number of hydrogen-bond donors (Lipinski definition) is 6. The van der Waals surface area contributed by atoms with Crippen molar-refractivity contribution in [2.75, 3.05) is 24.7 Å². The number of rotatable bonds is 2. The lowest BCUT2D eigenvalue weighted by molar-refractivity contribution is -0.0584. The van der Waals surface area contributed by atoms with Crippen molar-refractivity contribution in [2.24, 2.45) is 0 Å². The SMILES string of the molecule is Nc1nc2c(ncn2[C@@H]2O[C@@H]3COP(O)(=S)O[C@@H]4C(F)[C@H](n5cnc6c(N)ncnc65)O[C@@H]4COP(=O)(S)OC2C3O)c(=O)[nH]1. The molecule has 20 nitrogen and oxygen atoms in total. The number of aliphatic hydroxyl groups excluding tert-OH is 1. The van der Waals surface area contributed by atoms with E-state index in [0.717, 1.165) is 6.33 Å². The van der Waals surface area contributed by atoms with Crippen molar-refractivity contribution >= 4 is 71.7 Å². The van der Waals surface area contributed by atoms with Gasteiger partial charge in [-0.05, 0) is 11.8 Å². The van der Waals surface area contributed by atoms with Crippen molar-refractivity contribution in [3.8, 4) is 0 Å². The van der Waals surface area contributed by atoms with Crippen LogP contribution < -0.4 is 17.0 Å². The Kier molecular flexibility index (Phi) is 7.74. The normalized spacial score (nSPS) is 37.7. The summed E-state index contributed by atoms with van der Waals surface area (Å²) in [7, 11) is 0. The molecule has 3 fully saturated rings. The Hall–Kier alpha value is -2.66. The van der Waals surface area contributed by atoms with E-state index in [1.807, 2.05) is 0 Å². The lowest BCUT2D eigenvalue weighted by atomic mass is 10.1. The standard InChI is InChI=1S/C20H23FN10O10P2S2/c21-8-12-7(39-18(8)30-4-26-9-14(22)24-3-25-15(9)30)2-37-43(35,45)41-13-11(32)6(1-36-42(34,44)40-12)38-19(13)31-5-27-10-16(31)28-20(23)29-17(10)33/h3-8,11-13,18-19,32H,1-2H2,(H,34,44)(H,35,45)(H2,22,24,25)(H3,23,28,29,33)/t6-,7-,8?,11?,12+,13?,18-,19-,42?,43?/m1/s1. The summed E-state index contributed by atoms with van der Waals surface area (Å²) in [6.07, 6.45) is -8.57. The van der Waals surface area contributed by atoms with Crippen LogP contribution in [0.1, 0.15) is 12.5 Å². The molecule has 3 aliphatic rings. The lowest BCUT2D eigenvalue weighted by Gasteiger charge is -2.27. The number of hydrogen-bond acceptors (Lipinski definition) is 17. The fourth-order valence-electron chi connectivity index (χ4n) is 5.26. The Labute approximate surface area is 260 Å². The molecule has 0 saturated carbocycles. The van der Waals surface area contributed by atoms with Crippen LogP contribution in [0.3, 0.4) is 0 Å². The molecule has 3 aliphatic heterocycles. The molecule has 7 heterocycles. The minimum atomic E-state index is -4.41. The Morgan fingerprint density at radius 1 is 1.00 bits per heavy atom. The van der Waals surface area contributed by atoms with Crippen LogP contribution in [-0.4, -0.2) is 98.9 Å². The Bertz CT molecular complexity index is 1950. The average Bonchev–Trinajstić information content (AvgIpc) is 3.72. The topological polar surface area (TPSA) is 272 Å². The molecule has 242 valence electrons. The molecule has 7 rings (SSSR count). The maximum Gasteiger partial charge on any atom is 0.386 e. The molecule has 2 bridgehead atoms. The molecule has 0 spiro atoms. The van der Waals surface area contributed by atoms with Crippen LogP contribution in [0.25, 0.3) is 22.3 Å². The van der Waals surface area contributed by atoms with Crippen LogP contribution in [0, 0.1) is 0 Å². The highest BCUT2D eigenvalue weighted by Gasteiger charge is 2.53. The van der Waals surface area contributed by atoms with Gasteiger partial charge in [0.05, 0.1) is 25.9 Å². The summed E-state index contributed by atoms with van der Waals surface area (Å²) in [5, 5.41) is 11.1. The van der Waals surface area contributed by atoms with Crippen LogP contribution in [0.4, 0.5) is 16.2 Å². The van der Waals surface area contributed by atoms with Crippen molar-refractivity contribution in [1.29, 1.82) is 0 Å². The van der Waals surface area contributed by atoms with Crippen molar-refractivity contribution in [2.45, 2.75) is 49.1 Å². The first-order chi connectivity index (χ1) is 21.3. The molecule has 5 unspecified atom stereocenters. The van der Waals surface area contributed by atoms with Crippen LogP contribution >= 0.6 is 25.8 Å². The zero-order chi connectivity index (χ0) is 31.8. The first-order valence-corrected chi connectivity index (χ1v) is 18.2. The van der Waals surface area contributed by atoms with Crippen LogP contribution in [0.15, 0.2) is 23.8 Å². The Morgan fingerprint density at radius 3 is 2.47 bits per heavy atom. The first kappa shape index (κ1) is 31.0. The second kappa shape index (κ2) is 11.2. The van der Waals surface area contributed by atoms with E-state index in [9.17, 15) is 19.4 Å². The smallest absolute Gasteiger partial charge is 0.386 e. The summed E-state index contributed by atoms with van der Waals surface area (Å²) in [5.41, 5.74) is 11.1. The molecular formula is C20H23FN10O10P2S2. The van der Waals surface area contributed by atoms with Crippen molar-refractivity contribution < 1.29 is 46.5 Å². The van der Waals surface area contributed by atoms with Gasteiger partial charge in [-0.1, -0.05) is 12.2 Å². The van der Waals surface area contributed by atoms with Gasteiger partial charge in [0, 0.05) is 0 Å². The van der Waals surface area contributed by atoms with Crippen molar-refractivity contribution in [3.63, 3.8) is 0 Å². The number of anilines is 2. The molecule has 0 amide bonds. The molecule has 25 heteroatoms. The number of aromatic amines is 1. The number of fused-ring (bicyclic) bond motifs is 5. The predicted octanol–water partition coefficient (Wildman–Crippen LogP) is -0.310. The number of nitrogens with one attached hydrogen (secondary N) is 1. The van der Waals surface area contributed by atoms with Crippen molar-refractivity contribution in [1.82, 2.24) is 39.0 Å². The summed E-state index contributed by atoms with van der Waals surface area (Å²) in [4.78, 5) is 45.7. The number of ether oxygens (including phenoxy) is 2. The third kappa shape index (κ3) is 5.55. The van der Waals surface area contributed by atoms with Gasteiger partial charge in [0.15, 0.2) is 41.3 Å². The number of alkyl halides is 1. The fourth-order valence-corrected chi connectivity index (χ4v) is 8.16. The van der Waals surface area contributed by atoms with Gasteiger partial charge in [0.2, 0.25) is 5.95 Å². The van der Waals surface area contributed by atoms with Gasteiger partial charge in [0.1, 0.15) is 42.4 Å². The fraction of sp³-hybridized carbons (Fsp3) is 0.500. The lowest BCUT2D eigenvalue weighted by Crippen LogP contribution is -2.35. The molecular weight excluding hydrogens is 685 g/mol. The number of H-pyrrole nitrogens is 1. The second-order valence-electron chi connectivity index (χ2n) is 10.1. The quantitative estimate of drug-likeness (QED) is 0.115. The van der Waals surface area contributed by atoms with Crippen LogP contribution in [0.2, 0.25) is 0 Å². The van der Waals surface area contributed by atoms with Gasteiger partial charge in [-0.15, -0.1) is 0 Å². The van der Waals surface area contributed by atoms with E-state index < -0.39 is 81.4 Å². The molecule has 45 heavy (non-hydrogen) atoms. The number of aliphatic hydroxyl groups is 1. The largest absolute Gasteiger partial charge is 0.387 e. The number of imidazole rings is 2. The summed E-state index contributed by atoms with van der Waals surface area (Å²) < 4.78 is 65.9. The van der Waals surface area contributed by atoms with E-state index in [-0.39, 0.29) is 34.1 Å². The van der Waals surface area contributed by atoms with E-state index in [0.29, 0.717) is 0 Å². The minimum Gasteiger partial charge on any atom is -0.387 e. The highest BCUT2D eigenvalue weighted by atomic mass is 32.7. The Morgan fingerprint density at radius 2 is 1.69 bits per heavy atom. The number of nitrogen functional groups attached to an aromatic ring is 2. The van der Waals surface area contributed by atoms with E-state index in [2.05, 4.69) is 42.2 Å². The number of thiol groups is 1. The maximum atomic E-state index is 16.0. The molecule has 10 atom stereocenters. The van der Waals surface area contributed by atoms with E-state index >= 15 is 4.39 Å². The van der Waals surface area contributed by atoms with Gasteiger partial charge >= 0.3 is 13.5 Å². The van der Waals surface area contributed by atoms with E-state index in [1.54, 1.807) is 0 Å². The molecule has 0 aliphatic carbocycles. The van der Waals surface area contributed by atoms with Gasteiger partial charge in [-0.2, -0.15) is 4.98 Å². The average molecular weight is 709 g/mol. The number of nitrogens with two attached hydrogens (primary N) is 2. The number of aromatic nitrogens is 8. The summed E-state index contributed by atoms with van der Waals surface area (Å²) in [6.45, 7) is -9.92. The molecule has 4 aromatic heterocycles. The van der Waals surface area contributed by atoms with Gasteiger partial charge < -0.3 is 35.5 Å². The van der Waals surface area contributed by atoms with Gasteiger partial charge in [-0.3, -0.25) is 32.5 Å². The van der Waals surface area contributed by atoms with E-state index in [1.165, 1.54) is 21.8 Å². The maximum absolute atomic E-state index is 16.0. The predicted molar refractivity (Wildman–Crippen MR) is 156 cm³/mol. The molecule has 0 radical (unpaired) electrons. The monoisotopic (exact) mass is 708 g/mol. The zero-order valence-electron chi connectivity index (χ0n) is 22.3. The Balaban J connectivity index is 1.21. The second-order valence-corrected chi connectivity index (χ2v) is 15.8. The summed E-state index contributed by atoms with van der Waals surface area (Å²) in [6, 6.07) is 0. The van der Waals surface area contributed by atoms with Crippen LogP contribution in [0.5, 0.6) is 0 Å². The summed E-state index contributed by atoms with van der Waals surface area (Å²) >= 11 is 9.20. The van der Waals surface area contributed by atoms with Crippen LogP contribution in [-0.2, 0) is 43.9 Å². The highest BCUT2D eigenvalue weighted by Crippen LogP contribution is 2.58. The molecule has 4 aromatic rings. The van der Waals surface area contributed by atoms with E-state index in [4.69, 9.17) is 50.8 Å². The third-order valence-electron chi connectivity index (χ3n) is 7.28. The highest BCUT2D eigenvalue weighted by molar-refractivity contribution is 8.44. The third-order valence-corrected chi connectivity index (χ3v) is 10.5. The molecule has 3 saturated heterocycles. The molecule has 7 N–H and O–H groups in total. The zero-order valence-corrected chi connectivity index (χ0v) is 25.8. The minimum absolute atomic E-state index is 0.0449. The number of nitrogens with zero attached hydrogens (tertiary/aromatic N) is 7. The first-order valence-electron chi connectivity index (χ1n) is 12.9. The summed E-state index contributed by atoms with van der Waals surface area (Å²) in [5.74, 6) is -0.183. The molecule has 0 aromatic carbocycles. The van der Waals surface area contributed by atoms with Gasteiger partial charge in [-0.25, -0.2) is 28.9 Å². The van der Waals surface area contributed by atoms with Gasteiger partial charge in [0.25, 0.3) is 5.56 Å².